The molecule has 1 atom stereocenters. The molecule has 1 aliphatic carbocycles. The predicted molar refractivity (Wildman–Crippen MR) is 125 cm³/mol. The number of aromatic nitrogens is 4. The molecule has 0 spiro atoms. The number of fused-ring (bicyclic) bond motifs is 5. The fourth-order valence-electron chi connectivity index (χ4n) is 4.20. The van der Waals surface area contributed by atoms with Gasteiger partial charge >= 0.3 is 0 Å². The highest BCUT2D eigenvalue weighted by Gasteiger charge is 2.25. The van der Waals surface area contributed by atoms with Crippen LogP contribution in [0.3, 0.4) is 0 Å². The summed E-state index contributed by atoms with van der Waals surface area (Å²) in [5.41, 5.74) is 2.95. The van der Waals surface area contributed by atoms with Gasteiger partial charge in [0.15, 0.2) is 16.6 Å². The lowest BCUT2D eigenvalue weighted by molar-refractivity contribution is 0.102. The Morgan fingerprint density at radius 1 is 1.29 bits per heavy atom. The van der Waals surface area contributed by atoms with E-state index in [1.54, 1.807) is 31.4 Å². The lowest BCUT2D eigenvalue weighted by atomic mass is 9.89. The number of ketones is 1. The lowest BCUT2D eigenvalue weighted by Gasteiger charge is -2.17. The average molecular weight is 453 g/mol. The van der Waals surface area contributed by atoms with Crippen molar-refractivity contribution in [3.8, 4) is 5.75 Å². The van der Waals surface area contributed by atoms with Crippen molar-refractivity contribution in [3.63, 3.8) is 0 Å². The molecule has 5 rings (SSSR count). The Morgan fingerprint density at radius 3 is 2.84 bits per heavy atom. The van der Waals surface area contributed by atoms with Crippen molar-refractivity contribution < 1.29 is 9.53 Å². The first-order valence-electron chi connectivity index (χ1n) is 10.6. The zero-order valence-electron chi connectivity index (χ0n) is 17.8. The van der Waals surface area contributed by atoms with Crippen LogP contribution in [0.15, 0.2) is 29.4 Å². The van der Waals surface area contributed by atoms with Gasteiger partial charge in [0.25, 0.3) is 0 Å². The van der Waals surface area contributed by atoms with Crippen LogP contribution in [0.2, 0.25) is 0 Å². The number of Topliss-reactive ketones (excluding diaryl/α,β-unsaturated/α-hetero) is 1. The molecule has 0 radical (unpaired) electrons. The van der Waals surface area contributed by atoms with Gasteiger partial charge in [0.1, 0.15) is 16.4 Å². The minimum Gasteiger partial charge on any atom is -0.497 e. The van der Waals surface area contributed by atoms with Crippen molar-refractivity contribution in [3.05, 3.63) is 46.1 Å². The molecule has 0 aliphatic heterocycles. The molecule has 3 heterocycles. The van der Waals surface area contributed by atoms with E-state index < -0.39 is 0 Å². The predicted octanol–water partition coefficient (Wildman–Crippen LogP) is 5.01. The molecule has 31 heavy (non-hydrogen) atoms. The van der Waals surface area contributed by atoms with Crippen LogP contribution < -0.4 is 4.74 Å². The van der Waals surface area contributed by atoms with Gasteiger partial charge < -0.3 is 4.74 Å². The minimum absolute atomic E-state index is 0.0541. The number of carbonyl (C=O) groups excluding carboxylic acids is 1. The molecule has 0 saturated heterocycles. The van der Waals surface area contributed by atoms with Gasteiger partial charge in [0, 0.05) is 16.9 Å². The summed E-state index contributed by atoms with van der Waals surface area (Å²) in [6.07, 6.45) is 4.18. The maximum Gasteiger partial charge on any atom is 0.197 e. The summed E-state index contributed by atoms with van der Waals surface area (Å²) in [6.45, 7) is 4.42. The number of hydrogen-bond acceptors (Lipinski definition) is 7. The van der Waals surface area contributed by atoms with Gasteiger partial charge in [-0.1, -0.05) is 25.6 Å². The number of nitrogens with zero attached hydrogens (tertiary/aromatic N) is 4. The summed E-state index contributed by atoms with van der Waals surface area (Å²) in [4.78, 5) is 20.2. The number of aryl methyl sites for hydroxylation is 2. The van der Waals surface area contributed by atoms with Gasteiger partial charge in [-0.25, -0.2) is 4.98 Å². The van der Waals surface area contributed by atoms with Crippen molar-refractivity contribution in [2.45, 2.75) is 44.7 Å². The highest BCUT2D eigenvalue weighted by Crippen LogP contribution is 2.39. The van der Waals surface area contributed by atoms with E-state index in [1.807, 2.05) is 11.3 Å². The molecule has 8 heteroatoms. The molecule has 0 N–H and O–H groups in total. The molecule has 0 fully saturated rings. The number of carbonyl (C=O) groups is 1. The molecular weight excluding hydrogens is 428 g/mol. The molecule has 0 bridgehead atoms. The monoisotopic (exact) mass is 452 g/mol. The van der Waals surface area contributed by atoms with E-state index in [0.717, 1.165) is 57.8 Å². The number of hydrogen-bond donors (Lipinski definition) is 0. The molecule has 160 valence electrons. The Labute approximate surface area is 189 Å². The van der Waals surface area contributed by atoms with Crippen molar-refractivity contribution in [2.75, 3.05) is 12.9 Å². The van der Waals surface area contributed by atoms with Gasteiger partial charge in [-0.15, -0.1) is 21.5 Å². The Kier molecular flexibility index (Phi) is 5.44. The second kappa shape index (κ2) is 8.24. The number of ether oxygens (including phenoxy) is 1. The molecule has 1 aliphatic rings. The molecule has 1 unspecified atom stereocenters. The molecule has 1 aromatic carbocycles. The third kappa shape index (κ3) is 3.61. The van der Waals surface area contributed by atoms with Crippen LogP contribution in [0, 0.1) is 5.92 Å². The van der Waals surface area contributed by atoms with E-state index in [9.17, 15) is 4.79 Å². The summed E-state index contributed by atoms with van der Waals surface area (Å²) in [6, 6.07) is 7.21. The first-order chi connectivity index (χ1) is 15.1. The third-order valence-electron chi connectivity index (χ3n) is 5.90. The number of thiophene rings is 1. The quantitative estimate of drug-likeness (QED) is 0.303. The van der Waals surface area contributed by atoms with Crippen LogP contribution >= 0.6 is 23.1 Å². The Balaban J connectivity index is 1.49. The van der Waals surface area contributed by atoms with Crippen LogP contribution in [-0.4, -0.2) is 38.2 Å². The highest BCUT2D eigenvalue weighted by atomic mass is 32.2. The van der Waals surface area contributed by atoms with Crippen molar-refractivity contribution in [1.29, 1.82) is 0 Å². The van der Waals surface area contributed by atoms with E-state index in [0.29, 0.717) is 11.3 Å². The van der Waals surface area contributed by atoms with Crippen LogP contribution in [0.4, 0.5) is 0 Å². The summed E-state index contributed by atoms with van der Waals surface area (Å²) in [5.74, 6) is 2.75. The fraction of sp³-hybridized carbons (Fsp3) is 0.391. The Morgan fingerprint density at radius 2 is 2.10 bits per heavy atom. The van der Waals surface area contributed by atoms with E-state index >= 15 is 0 Å². The maximum absolute atomic E-state index is 12.7. The first-order valence-corrected chi connectivity index (χ1v) is 12.4. The van der Waals surface area contributed by atoms with E-state index in [1.165, 1.54) is 28.6 Å². The van der Waals surface area contributed by atoms with Gasteiger partial charge in [0.05, 0.1) is 18.2 Å². The highest BCUT2D eigenvalue weighted by molar-refractivity contribution is 7.99. The zero-order valence-corrected chi connectivity index (χ0v) is 19.5. The van der Waals surface area contributed by atoms with E-state index in [4.69, 9.17) is 9.72 Å². The third-order valence-corrected chi connectivity index (χ3v) is 7.98. The Hall–Kier alpha value is -2.45. The number of benzene rings is 1. The SMILES string of the molecule is CCc1nc2sc3c(c2c2nnc(SCC(=O)c4ccc(OC)cc4)n12)CCC(C)C3. The molecule has 0 amide bonds. The molecule has 0 saturated carbocycles. The number of rotatable bonds is 6. The maximum atomic E-state index is 12.7. The van der Waals surface area contributed by atoms with Crippen LogP contribution in [0.25, 0.3) is 15.9 Å². The van der Waals surface area contributed by atoms with E-state index in [2.05, 4.69) is 28.4 Å². The van der Waals surface area contributed by atoms with Crippen LogP contribution in [0.1, 0.15) is 46.9 Å². The molecule has 4 aromatic rings. The summed E-state index contributed by atoms with van der Waals surface area (Å²) >= 11 is 3.23. The van der Waals surface area contributed by atoms with Gasteiger partial charge in [-0.05, 0) is 55.0 Å². The van der Waals surface area contributed by atoms with E-state index in [-0.39, 0.29) is 5.78 Å². The van der Waals surface area contributed by atoms with Crippen molar-refractivity contribution in [2.24, 2.45) is 5.92 Å². The standard InChI is InChI=1S/C23H24N4O2S2/c1-4-19-24-22-20(16-10-5-13(2)11-18(16)31-22)21-25-26-23(27(19)21)30-12-17(28)14-6-8-15(29-3)9-7-14/h6-9,13H,4-5,10-12H2,1-3H3. The topological polar surface area (TPSA) is 69.4 Å². The van der Waals surface area contributed by atoms with Gasteiger partial charge in [0.2, 0.25) is 0 Å². The lowest BCUT2D eigenvalue weighted by Crippen LogP contribution is -2.09. The van der Waals surface area contributed by atoms with Crippen LogP contribution in [-0.2, 0) is 19.3 Å². The smallest absolute Gasteiger partial charge is 0.197 e. The fourth-order valence-corrected chi connectivity index (χ4v) is 6.44. The van der Waals surface area contributed by atoms with Crippen molar-refractivity contribution >= 4 is 44.7 Å². The molecular formula is C23H24N4O2S2. The first kappa shape index (κ1) is 20.5. The average Bonchev–Trinajstić information content (AvgIpc) is 3.37. The second-order valence-corrected chi connectivity index (χ2v) is 10.0. The minimum atomic E-state index is 0.0541. The number of methoxy groups -OCH3 is 1. The van der Waals surface area contributed by atoms with Gasteiger partial charge in [-0.2, -0.15) is 0 Å². The second-order valence-electron chi connectivity index (χ2n) is 8.00. The summed E-state index contributed by atoms with van der Waals surface area (Å²) in [5, 5.41) is 10.9. The van der Waals surface area contributed by atoms with Crippen LogP contribution in [0.5, 0.6) is 5.75 Å². The normalized spacial score (nSPS) is 16.0. The van der Waals surface area contributed by atoms with Gasteiger partial charge in [-0.3, -0.25) is 9.20 Å². The summed E-state index contributed by atoms with van der Waals surface area (Å²) < 4.78 is 7.23. The Bertz CT molecular complexity index is 1280. The number of thioether (sulfide) groups is 1. The summed E-state index contributed by atoms with van der Waals surface area (Å²) in [7, 11) is 1.62. The molecule has 3 aromatic heterocycles. The molecule has 6 nitrogen and oxygen atoms in total. The van der Waals surface area contributed by atoms with Crippen molar-refractivity contribution in [1.82, 2.24) is 19.6 Å². The largest absolute Gasteiger partial charge is 0.497 e. The zero-order chi connectivity index (χ0) is 21.5.